The van der Waals surface area contributed by atoms with E-state index in [2.05, 4.69) is 6.07 Å². The van der Waals surface area contributed by atoms with Crippen molar-refractivity contribution in [3.05, 3.63) is 64.2 Å². The van der Waals surface area contributed by atoms with Crippen LogP contribution in [0.15, 0.2) is 48.5 Å². The van der Waals surface area contributed by atoms with E-state index in [9.17, 15) is 15.4 Å². The Labute approximate surface area is 134 Å². The van der Waals surface area contributed by atoms with Gasteiger partial charge in [-0.15, -0.1) is 0 Å². The number of nitriles is 1. The van der Waals surface area contributed by atoms with E-state index in [-0.39, 0.29) is 11.6 Å². The molecule has 0 spiro atoms. The number of nitro benzene ring substituents is 1. The molecule has 0 aromatic heterocycles. The van der Waals surface area contributed by atoms with Crippen molar-refractivity contribution in [2.24, 2.45) is 0 Å². The van der Waals surface area contributed by atoms with E-state index in [0.29, 0.717) is 18.8 Å². The summed E-state index contributed by atoms with van der Waals surface area (Å²) < 4.78 is 10.7. The van der Waals surface area contributed by atoms with Gasteiger partial charge in [-0.05, 0) is 29.8 Å². The standard InChI is InChI=1S/C17H16N2O4/c1-22-16-6-8-17(9-7-16)23-11-10-14(12-18)13-2-4-15(5-3-13)19(20)21/h2-9,14H,10-11H2,1H3. The lowest BCUT2D eigenvalue weighted by atomic mass is 9.97. The van der Waals surface area contributed by atoms with Crippen LogP contribution in [-0.4, -0.2) is 18.6 Å². The molecule has 1 unspecified atom stereocenters. The zero-order chi connectivity index (χ0) is 16.7. The third kappa shape index (κ3) is 4.45. The first-order valence-electron chi connectivity index (χ1n) is 7.05. The predicted octanol–water partition coefficient (Wildman–Crippen LogP) is 3.68. The summed E-state index contributed by atoms with van der Waals surface area (Å²) in [7, 11) is 1.59. The number of hydrogen-bond acceptors (Lipinski definition) is 5. The Balaban J connectivity index is 1.91. The lowest BCUT2D eigenvalue weighted by Crippen LogP contribution is -2.04. The Morgan fingerprint density at radius 2 is 1.74 bits per heavy atom. The zero-order valence-electron chi connectivity index (χ0n) is 12.6. The van der Waals surface area contributed by atoms with Crippen molar-refractivity contribution in [3.8, 4) is 17.6 Å². The largest absolute Gasteiger partial charge is 0.497 e. The number of nitrogens with zero attached hydrogens (tertiary/aromatic N) is 2. The molecule has 6 heteroatoms. The molecule has 2 rings (SSSR count). The molecule has 0 aliphatic heterocycles. The van der Waals surface area contributed by atoms with Gasteiger partial charge in [-0.2, -0.15) is 5.26 Å². The Hall–Kier alpha value is -3.07. The van der Waals surface area contributed by atoms with Crippen LogP contribution in [0.3, 0.4) is 0 Å². The monoisotopic (exact) mass is 312 g/mol. The summed E-state index contributed by atoms with van der Waals surface area (Å²) in [4.78, 5) is 10.2. The molecule has 0 saturated heterocycles. The maximum absolute atomic E-state index is 10.6. The van der Waals surface area contributed by atoms with Crippen LogP contribution >= 0.6 is 0 Å². The molecule has 0 fully saturated rings. The highest BCUT2D eigenvalue weighted by Gasteiger charge is 2.13. The molecule has 2 aromatic rings. The van der Waals surface area contributed by atoms with Crippen LogP contribution in [0.1, 0.15) is 17.9 Å². The van der Waals surface area contributed by atoms with Crippen molar-refractivity contribution < 1.29 is 14.4 Å². The van der Waals surface area contributed by atoms with Crippen molar-refractivity contribution >= 4 is 5.69 Å². The smallest absolute Gasteiger partial charge is 0.269 e. The lowest BCUT2D eigenvalue weighted by molar-refractivity contribution is -0.384. The second kappa shape index (κ2) is 7.80. The van der Waals surface area contributed by atoms with Gasteiger partial charge in [0.2, 0.25) is 0 Å². The van der Waals surface area contributed by atoms with E-state index >= 15 is 0 Å². The quantitative estimate of drug-likeness (QED) is 0.575. The van der Waals surface area contributed by atoms with Crippen LogP contribution in [0, 0.1) is 21.4 Å². The van der Waals surface area contributed by atoms with Gasteiger partial charge in [0.1, 0.15) is 11.5 Å². The van der Waals surface area contributed by atoms with Gasteiger partial charge in [-0.3, -0.25) is 10.1 Å². The Kier molecular flexibility index (Phi) is 5.53. The fourth-order valence-corrected chi connectivity index (χ4v) is 2.10. The molecule has 0 saturated carbocycles. The van der Waals surface area contributed by atoms with Crippen LogP contribution < -0.4 is 9.47 Å². The molecule has 0 aliphatic rings. The zero-order valence-corrected chi connectivity index (χ0v) is 12.6. The summed E-state index contributed by atoms with van der Waals surface area (Å²) in [6, 6.07) is 15.4. The van der Waals surface area contributed by atoms with Crippen molar-refractivity contribution in [2.75, 3.05) is 13.7 Å². The average molecular weight is 312 g/mol. The maximum Gasteiger partial charge on any atom is 0.269 e. The third-order valence-electron chi connectivity index (χ3n) is 3.40. The van der Waals surface area contributed by atoms with Gasteiger partial charge in [-0.25, -0.2) is 0 Å². The van der Waals surface area contributed by atoms with Gasteiger partial charge in [-0.1, -0.05) is 12.1 Å². The highest BCUT2D eigenvalue weighted by molar-refractivity contribution is 5.36. The van der Waals surface area contributed by atoms with Crippen molar-refractivity contribution in [1.82, 2.24) is 0 Å². The fourth-order valence-electron chi connectivity index (χ4n) is 2.10. The average Bonchev–Trinajstić information content (AvgIpc) is 2.59. The molecule has 6 nitrogen and oxygen atoms in total. The molecule has 2 aromatic carbocycles. The first kappa shape index (κ1) is 16.3. The molecule has 23 heavy (non-hydrogen) atoms. The minimum Gasteiger partial charge on any atom is -0.497 e. The second-order valence-electron chi connectivity index (χ2n) is 4.84. The summed E-state index contributed by atoms with van der Waals surface area (Å²) in [5.74, 6) is 1.08. The second-order valence-corrected chi connectivity index (χ2v) is 4.84. The number of benzene rings is 2. The molecular formula is C17H16N2O4. The highest BCUT2D eigenvalue weighted by Crippen LogP contribution is 2.23. The number of hydrogen-bond donors (Lipinski definition) is 0. The van der Waals surface area contributed by atoms with Crippen LogP contribution in [0.25, 0.3) is 0 Å². The van der Waals surface area contributed by atoms with Crippen LogP contribution in [-0.2, 0) is 0 Å². The molecule has 0 heterocycles. The van der Waals surface area contributed by atoms with Gasteiger partial charge in [0.15, 0.2) is 0 Å². The van der Waals surface area contributed by atoms with E-state index in [1.807, 2.05) is 0 Å². The molecule has 0 radical (unpaired) electrons. The predicted molar refractivity (Wildman–Crippen MR) is 84.6 cm³/mol. The Morgan fingerprint density at radius 1 is 1.13 bits per heavy atom. The van der Waals surface area contributed by atoms with Gasteiger partial charge >= 0.3 is 0 Å². The van der Waals surface area contributed by atoms with Gasteiger partial charge in [0.05, 0.1) is 30.6 Å². The first-order chi connectivity index (χ1) is 11.1. The van der Waals surface area contributed by atoms with Gasteiger partial charge in [0, 0.05) is 18.6 Å². The number of non-ortho nitro benzene ring substituents is 1. The topological polar surface area (TPSA) is 85.4 Å². The summed E-state index contributed by atoms with van der Waals surface area (Å²) in [6.45, 7) is 0.377. The fraction of sp³-hybridized carbons (Fsp3) is 0.235. The summed E-state index contributed by atoms with van der Waals surface area (Å²) in [6.07, 6.45) is 0.500. The molecule has 0 N–H and O–H groups in total. The van der Waals surface area contributed by atoms with Gasteiger partial charge < -0.3 is 9.47 Å². The number of methoxy groups -OCH3 is 1. The lowest BCUT2D eigenvalue weighted by Gasteiger charge is -2.11. The maximum atomic E-state index is 10.6. The summed E-state index contributed by atoms with van der Waals surface area (Å²) >= 11 is 0. The molecule has 1 atom stereocenters. The van der Waals surface area contributed by atoms with Gasteiger partial charge in [0.25, 0.3) is 5.69 Å². The molecule has 0 aliphatic carbocycles. The van der Waals surface area contributed by atoms with Crippen molar-refractivity contribution in [1.29, 1.82) is 5.26 Å². The minimum absolute atomic E-state index is 0.0138. The normalized spacial score (nSPS) is 11.3. The number of nitro groups is 1. The first-order valence-corrected chi connectivity index (χ1v) is 7.05. The van der Waals surface area contributed by atoms with Crippen molar-refractivity contribution in [2.45, 2.75) is 12.3 Å². The summed E-state index contributed by atoms with van der Waals surface area (Å²) in [5.41, 5.74) is 0.761. The van der Waals surface area contributed by atoms with Crippen molar-refractivity contribution in [3.63, 3.8) is 0 Å². The van der Waals surface area contributed by atoms with E-state index in [1.54, 1.807) is 43.5 Å². The van der Waals surface area contributed by atoms with E-state index in [4.69, 9.17) is 9.47 Å². The molecule has 118 valence electrons. The molecule has 0 bridgehead atoms. The van der Waals surface area contributed by atoms with Crippen LogP contribution in [0.2, 0.25) is 0 Å². The highest BCUT2D eigenvalue weighted by atomic mass is 16.6. The van der Waals surface area contributed by atoms with E-state index in [0.717, 1.165) is 11.3 Å². The third-order valence-corrected chi connectivity index (χ3v) is 3.40. The van der Waals surface area contributed by atoms with Crippen LogP contribution in [0.4, 0.5) is 5.69 Å². The number of ether oxygens (including phenoxy) is 2. The minimum atomic E-state index is -0.460. The Bertz CT molecular complexity index is 690. The molecule has 0 amide bonds. The van der Waals surface area contributed by atoms with E-state index in [1.165, 1.54) is 12.1 Å². The number of rotatable bonds is 7. The Morgan fingerprint density at radius 3 is 2.26 bits per heavy atom. The summed E-state index contributed by atoms with van der Waals surface area (Å²) in [5, 5.41) is 19.9. The SMILES string of the molecule is COc1ccc(OCCC(C#N)c2ccc([N+](=O)[O-])cc2)cc1. The van der Waals surface area contributed by atoms with E-state index < -0.39 is 4.92 Å². The molecular weight excluding hydrogens is 296 g/mol. The van der Waals surface area contributed by atoms with Crippen LogP contribution in [0.5, 0.6) is 11.5 Å².